The third kappa shape index (κ3) is 7.27. The second-order valence-corrected chi connectivity index (χ2v) is 8.89. The van der Waals surface area contributed by atoms with Crippen LogP contribution in [-0.4, -0.2) is 39.3 Å². The number of nitrogens with two attached hydrogens (primary N) is 1. The highest BCUT2D eigenvalue weighted by molar-refractivity contribution is 7.89. The fraction of sp³-hybridized carbons (Fsp3) is 0.250. The maximum Gasteiger partial charge on any atom is 0.238 e. The van der Waals surface area contributed by atoms with Gasteiger partial charge in [0, 0.05) is 6.54 Å². The SMILES string of the molecule is NS(=O)(=O)c1ccc(CCNCC(O)COC(c2ccccc2)c2ccccc2)cc1. The van der Waals surface area contributed by atoms with Crippen LogP contribution in [0.3, 0.4) is 0 Å². The molecule has 1 atom stereocenters. The number of sulfonamides is 1. The Morgan fingerprint density at radius 2 is 1.42 bits per heavy atom. The van der Waals surface area contributed by atoms with Gasteiger partial charge in [0.05, 0.1) is 17.6 Å². The highest BCUT2D eigenvalue weighted by Gasteiger charge is 2.16. The van der Waals surface area contributed by atoms with Crippen molar-refractivity contribution in [1.82, 2.24) is 5.32 Å². The molecule has 6 nitrogen and oxygen atoms in total. The molecule has 0 amide bonds. The van der Waals surface area contributed by atoms with Gasteiger partial charge in [-0.25, -0.2) is 13.6 Å². The van der Waals surface area contributed by atoms with E-state index in [0.717, 1.165) is 16.7 Å². The lowest BCUT2D eigenvalue weighted by Crippen LogP contribution is -2.32. The van der Waals surface area contributed by atoms with Crippen LogP contribution in [0.4, 0.5) is 0 Å². The van der Waals surface area contributed by atoms with Gasteiger partial charge in [-0.2, -0.15) is 0 Å². The number of rotatable bonds is 11. The summed E-state index contributed by atoms with van der Waals surface area (Å²) in [6.45, 7) is 1.24. The van der Waals surface area contributed by atoms with Crippen LogP contribution in [0.25, 0.3) is 0 Å². The van der Waals surface area contributed by atoms with Crippen molar-refractivity contribution in [1.29, 1.82) is 0 Å². The number of hydrogen-bond donors (Lipinski definition) is 3. The molecule has 1 unspecified atom stereocenters. The predicted octanol–water partition coefficient (Wildman–Crippen LogP) is 2.63. The molecule has 0 bridgehead atoms. The molecule has 0 aromatic heterocycles. The van der Waals surface area contributed by atoms with Crippen LogP contribution >= 0.6 is 0 Å². The summed E-state index contributed by atoms with van der Waals surface area (Å²) in [5.41, 5.74) is 3.06. The van der Waals surface area contributed by atoms with E-state index in [1.54, 1.807) is 12.1 Å². The summed E-state index contributed by atoms with van der Waals surface area (Å²) in [5, 5.41) is 18.7. The molecule has 3 aromatic carbocycles. The van der Waals surface area contributed by atoms with Crippen molar-refractivity contribution < 1.29 is 18.3 Å². The Labute approximate surface area is 183 Å². The summed E-state index contributed by atoms with van der Waals surface area (Å²) >= 11 is 0. The summed E-state index contributed by atoms with van der Waals surface area (Å²) in [5.74, 6) is 0. The van der Waals surface area contributed by atoms with Crippen LogP contribution in [0.1, 0.15) is 22.8 Å². The molecular formula is C24H28N2O4S. The molecule has 0 heterocycles. The number of ether oxygens (including phenoxy) is 1. The van der Waals surface area contributed by atoms with E-state index in [1.165, 1.54) is 12.1 Å². The summed E-state index contributed by atoms with van der Waals surface area (Å²) in [4.78, 5) is 0.100. The smallest absolute Gasteiger partial charge is 0.238 e. The van der Waals surface area contributed by atoms with Gasteiger partial charge < -0.3 is 15.2 Å². The van der Waals surface area contributed by atoms with Crippen LogP contribution in [0, 0.1) is 0 Å². The van der Waals surface area contributed by atoms with Crippen molar-refractivity contribution in [3.05, 3.63) is 102 Å². The minimum Gasteiger partial charge on any atom is -0.389 e. The zero-order valence-corrected chi connectivity index (χ0v) is 18.0. The van der Waals surface area contributed by atoms with Crippen LogP contribution in [0.2, 0.25) is 0 Å². The zero-order chi connectivity index (χ0) is 22.1. The van der Waals surface area contributed by atoms with Crippen LogP contribution in [0.15, 0.2) is 89.8 Å². The fourth-order valence-corrected chi connectivity index (χ4v) is 3.77. The Balaban J connectivity index is 1.46. The third-order valence-corrected chi connectivity index (χ3v) is 5.81. The Kier molecular flexibility index (Phi) is 8.34. The van der Waals surface area contributed by atoms with Crippen molar-refractivity contribution >= 4 is 10.0 Å². The molecule has 3 rings (SSSR count). The first kappa shape index (κ1) is 23.1. The molecule has 7 heteroatoms. The fourth-order valence-electron chi connectivity index (χ4n) is 3.25. The molecule has 0 aliphatic heterocycles. The van der Waals surface area contributed by atoms with E-state index in [4.69, 9.17) is 9.88 Å². The molecule has 0 spiro atoms. The Hall–Kier alpha value is -2.55. The first-order chi connectivity index (χ1) is 14.9. The van der Waals surface area contributed by atoms with E-state index in [9.17, 15) is 13.5 Å². The Bertz CT molecular complexity index is 987. The topological polar surface area (TPSA) is 102 Å². The maximum atomic E-state index is 11.3. The summed E-state index contributed by atoms with van der Waals surface area (Å²) in [6, 6.07) is 26.4. The predicted molar refractivity (Wildman–Crippen MR) is 121 cm³/mol. The van der Waals surface area contributed by atoms with E-state index in [-0.39, 0.29) is 17.6 Å². The molecule has 0 saturated carbocycles. The van der Waals surface area contributed by atoms with Gasteiger partial charge in [0.2, 0.25) is 10.0 Å². The molecular weight excluding hydrogens is 412 g/mol. The number of aliphatic hydroxyl groups is 1. The quantitative estimate of drug-likeness (QED) is 0.398. The van der Waals surface area contributed by atoms with Gasteiger partial charge in [-0.3, -0.25) is 0 Å². The van der Waals surface area contributed by atoms with Crippen molar-refractivity contribution in [3.8, 4) is 0 Å². The minimum absolute atomic E-state index is 0.100. The molecule has 0 aliphatic carbocycles. The molecule has 3 aromatic rings. The first-order valence-electron chi connectivity index (χ1n) is 10.2. The highest BCUT2D eigenvalue weighted by Crippen LogP contribution is 2.25. The summed E-state index contributed by atoms with van der Waals surface area (Å²) in [7, 11) is -3.67. The summed E-state index contributed by atoms with van der Waals surface area (Å²) < 4.78 is 28.7. The van der Waals surface area contributed by atoms with E-state index in [2.05, 4.69) is 5.32 Å². The zero-order valence-electron chi connectivity index (χ0n) is 17.2. The average molecular weight is 441 g/mol. The van der Waals surface area contributed by atoms with Gasteiger partial charge in [0.1, 0.15) is 6.10 Å². The average Bonchev–Trinajstić information content (AvgIpc) is 2.78. The highest BCUT2D eigenvalue weighted by atomic mass is 32.2. The number of nitrogens with one attached hydrogen (secondary N) is 1. The Morgan fingerprint density at radius 3 is 1.94 bits per heavy atom. The van der Waals surface area contributed by atoms with Crippen LogP contribution in [-0.2, 0) is 21.2 Å². The second-order valence-electron chi connectivity index (χ2n) is 7.33. The molecule has 0 saturated heterocycles. The van der Waals surface area contributed by atoms with Gasteiger partial charge in [-0.1, -0.05) is 72.8 Å². The van der Waals surface area contributed by atoms with Gasteiger partial charge in [0.15, 0.2) is 0 Å². The molecule has 0 radical (unpaired) electrons. The van der Waals surface area contributed by atoms with Crippen molar-refractivity contribution in [2.75, 3.05) is 19.7 Å². The normalized spacial score (nSPS) is 12.7. The molecule has 4 N–H and O–H groups in total. The number of hydrogen-bond acceptors (Lipinski definition) is 5. The van der Waals surface area contributed by atoms with E-state index in [0.29, 0.717) is 19.5 Å². The van der Waals surface area contributed by atoms with Gasteiger partial charge >= 0.3 is 0 Å². The van der Waals surface area contributed by atoms with E-state index >= 15 is 0 Å². The lowest BCUT2D eigenvalue weighted by Gasteiger charge is -2.21. The van der Waals surface area contributed by atoms with Crippen molar-refractivity contribution in [2.24, 2.45) is 5.14 Å². The van der Waals surface area contributed by atoms with Crippen LogP contribution < -0.4 is 10.5 Å². The minimum atomic E-state index is -3.67. The number of benzene rings is 3. The lowest BCUT2D eigenvalue weighted by atomic mass is 10.0. The van der Waals surface area contributed by atoms with Gasteiger partial charge in [0.25, 0.3) is 0 Å². The van der Waals surface area contributed by atoms with Gasteiger partial charge in [-0.05, 0) is 41.8 Å². The van der Waals surface area contributed by atoms with E-state index < -0.39 is 16.1 Å². The first-order valence-corrected chi connectivity index (χ1v) is 11.7. The molecule has 0 aliphatic rings. The molecule has 164 valence electrons. The number of primary sulfonamides is 1. The lowest BCUT2D eigenvalue weighted by molar-refractivity contribution is 0.00671. The molecule has 0 fully saturated rings. The van der Waals surface area contributed by atoms with Crippen LogP contribution in [0.5, 0.6) is 0 Å². The van der Waals surface area contributed by atoms with E-state index in [1.807, 2.05) is 60.7 Å². The summed E-state index contributed by atoms with van der Waals surface area (Å²) in [6.07, 6.45) is -0.191. The Morgan fingerprint density at radius 1 is 0.871 bits per heavy atom. The number of aliphatic hydroxyl groups excluding tert-OH is 1. The van der Waals surface area contributed by atoms with Gasteiger partial charge in [-0.15, -0.1) is 0 Å². The van der Waals surface area contributed by atoms with Crippen molar-refractivity contribution in [3.63, 3.8) is 0 Å². The largest absolute Gasteiger partial charge is 0.389 e. The maximum absolute atomic E-state index is 11.3. The molecule has 31 heavy (non-hydrogen) atoms. The third-order valence-electron chi connectivity index (χ3n) is 4.88. The monoisotopic (exact) mass is 440 g/mol. The van der Waals surface area contributed by atoms with Crippen molar-refractivity contribution in [2.45, 2.75) is 23.5 Å². The standard InChI is InChI=1S/C24H28N2O4S/c25-31(28,29)23-13-11-19(12-14-23)15-16-26-17-22(27)18-30-24(20-7-3-1-4-8-20)21-9-5-2-6-10-21/h1-14,22,24,26-27H,15-18H2,(H2,25,28,29). The second kappa shape index (κ2) is 11.2.